The van der Waals surface area contributed by atoms with E-state index in [0.29, 0.717) is 13.2 Å². The van der Waals surface area contributed by atoms with E-state index in [2.05, 4.69) is 0 Å². The molecule has 0 saturated carbocycles. The minimum absolute atomic E-state index is 0.332. The zero-order valence-electron chi connectivity index (χ0n) is 7.70. The fourth-order valence-corrected chi connectivity index (χ4v) is 1.14. The fraction of sp³-hybridized carbons (Fsp3) is 0.875. The molecule has 0 bridgehead atoms. The third kappa shape index (κ3) is 1.39. The molecule has 1 aliphatic heterocycles. The van der Waals surface area contributed by atoms with Gasteiger partial charge in [0.2, 0.25) is 0 Å². The summed E-state index contributed by atoms with van der Waals surface area (Å²) in [6.45, 7) is 6.31. The number of hydrogen-bond donors (Lipinski definition) is 1. The van der Waals surface area contributed by atoms with Gasteiger partial charge in [0.15, 0.2) is 0 Å². The van der Waals surface area contributed by atoms with Crippen LogP contribution in [-0.4, -0.2) is 40.9 Å². The molecule has 1 aliphatic rings. The maximum atomic E-state index is 11.1. The van der Waals surface area contributed by atoms with Crippen LogP contribution in [0.2, 0.25) is 0 Å². The summed E-state index contributed by atoms with van der Waals surface area (Å²) in [5, 5.41) is 9.41. The molecule has 1 amide bonds. The van der Waals surface area contributed by atoms with E-state index in [1.165, 1.54) is 0 Å². The van der Waals surface area contributed by atoms with E-state index < -0.39 is 11.6 Å². The van der Waals surface area contributed by atoms with Gasteiger partial charge < -0.3 is 9.84 Å². The fourth-order valence-electron chi connectivity index (χ4n) is 1.14. The van der Waals surface area contributed by atoms with Crippen molar-refractivity contribution < 1.29 is 14.6 Å². The molecule has 1 unspecified atom stereocenters. The molecule has 4 nitrogen and oxygen atoms in total. The van der Waals surface area contributed by atoms with Crippen LogP contribution in [0.3, 0.4) is 0 Å². The van der Waals surface area contributed by atoms with Crippen LogP contribution in [0.15, 0.2) is 0 Å². The molecule has 12 heavy (non-hydrogen) atoms. The molecule has 1 fully saturated rings. The number of cyclic esters (lactones) is 1. The van der Waals surface area contributed by atoms with Crippen LogP contribution in [-0.2, 0) is 4.74 Å². The van der Waals surface area contributed by atoms with Crippen molar-refractivity contribution in [1.29, 1.82) is 0 Å². The highest BCUT2D eigenvalue weighted by Crippen LogP contribution is 2.22. The molecular weight excluding hydrogens is 158 g/mol. The Balaban J connectivity index is 2.73. The molecule has 1 saturated heterocycles. The molecule has 1 atom stereocenters. The van der Waals surface area contributed by atoms with Crippen LogP contribution < -0.4 is 0 Å². The summed E-state index contributed by atoms with van der Waals surface area (Å²) in [5.74, 6) is 0. The van der Waals surface area contributed by atoms with Crippen molar-refractivity contribution in [2.24, 2.45) is 0 Å². The molecule has 0 aromatic carbocycles. The van der Waals surface area contributed by atoms with Crippen molar-refractivity contribution in [2.45, 2.75) is 32.4 Å². The summed E-state index contributed by atoms with van der Waals surface area (Å²) in [6.07, 6.45) is -0.885. The molecule has 4 heteroatoms. The molecule has 0 radical (unpaired) electrons. The number of hydrogen-bond acceptors (Lipinski definition) is 3. The van der Waals surface area contributed by atoms with Crippen molar-refractivity contribution in [3.63, 3.8) is 0 Å². The summed E-state index contributed by atoms with van der Waals surface area (Å²) in [6, 6.07) is 0. The highest BCUT2D eigenvalue weighted by molar-refractivity contribution is 5.70. The quantitative estimate of drug-likeness (QED) is 0.665. The molecule has 0 spiro atoms. The second-order valence-corrected chi connectivity index (χ2v) is 3.60. The monoisotopic (exact) mass is 173 g/mol. The Morgan fingerprint density at radius 1 is 1.67 bits per heavy atom. The van der Waals surface area contributed by atoms with Crippen LogP contribution in [0.25, 0.3) is 0 Å². The average Bonchev–Trinajstić information content (AvgIpc) is 2.35. The summed E-state index contributed by atoms with van der Waals surface area (Å²) in [5.41, 5.74) is -0.534. The van der Waals surface area contributed by atoms with Gasteiger partial charge in [-0.05, 0) is 20.8 Å². The first-order valence-corrected chi connectivity index (χ1v) is 4.08. The first-order chi connectivity index (χ1) is 5.46. The van der Waals surface area contributed by atoms with Crippen LogP contribution >= 0.6 is 0 Å². The van der Waals surface area contributed by atoms with Crippen molar-refractivity contribution in [2.75, 3.05) is 13.2 Å². The van der Waals surface area contributed by atoms with Crippen LogP contribution in [0.5, 0.6) is 0 Å². The lowest BCUT2D eigenvalue weighted by molar-refractivity contribution is 0.0285. The number of rotatable bonds is 2. The average molecular weight is 173 g/mol. The zero-order valence-corrected chi connectivity index (χ0v) is 7.70. The first-order valence-electron chi connectivity index (χ1n) is 4.08. The van der Waals surface area contributed by atoms with Crippen LogP contribution in [0.4, 0.5) is 4.79 Å². The number of ether oxygens (including phenoxy) is 1. The van der Waals surface area contributed by atoms with Gasteiger partial charge in [-0.2, -0.15) is 0 Å². The Kier molecular flexibility index (Phi) is 2.28. The van der Waals surface area contributed by atoms with Gasteiger partial charge in [-0.3, -0.25) is 4.90 Å². The van der Waals surface area contributed by atoms with Crippen molar-refractivity contribution in [3.05, 3.63) is 0 Å². The normalized spacial score (nSPS) is 21.0. The molecule has 1 N–H and O–H groups in total. The lowest BCUT2D eigenvalue weighted by atomic mass is 9.97. The Morgan fingerprint density at radius 2 is 2.25 bits per heavy atom. The van der Waals surface area contributed by atoms with Crippen LogP contribution in [0.1, 0.15) is 20.8 Å². The lowest BCUT2D eigenvalue weighted by Crippen LogP contribution is -2.51. The predicted molar refractivity (Wildman–Crippen MR) is 43.8 cm³/mol. The molecule has 0 aromatic heterocycles. The maximum absolute atomic E-state index is 11.1. The van der Waals surface area contributed by atoms with E-state index >= 15 is 0 Å². The summed E-state index contributed by atoms with van der Waals surface area (Å²) in [4.78, 5) is 12.7. The van der Waals surface area contributed by atoms with Gasteiger partial charge in [0.1, 0.15) is 6.61 Å². The Bertz CT molecular complexity index is 189. The highest BCUT2D eigenvalue weighted by Gasteiger charge is 2.38. The number of aliphatic hydroxyl groups excluding tert-OH is 1. The highest BCUT2D eigenvalue weighted by atomic mass is 16.6. The minimum atomic E-state index is -0.553. The SMILES string of the molecule is CC(O)C(C)(C)N1CCOC1=O. The smallest absolute Gasteiger partial charge is 0.410 e. The van der Waals surface area contributed by atoms with Gasteiger partial charge in [-0.25, -0.2) is 4.79 Å². The Hall–Kier alpha value is -0.770. The van der Waals surface area contributed by atoms with E-state index in [1.54, 1.807) is 11.8 Å². The van der Waals surface area contributed by atoms with Crippen molar-refractivity contribution in [3.8, 4) is 0 Å². The number of nitrogens with zero attached hydrogens (tertiary/aromatic N) is 1. The largest absolute Gasteiger partial charge is 0.448 e. The molecule has 1 heterocycles. The summed E-state index contributed by atoms with van der Waals surface area (Å²) in [7, 11) is 0. The summed E-state index contributed by atoms with van der Waals surface area (Å²) >= 11 is 0. The second kappa shape index (κ2) is 2.94. The zero-order chi connectivity index (χ0) is 9.35. The van der Waals surface area contributed by atoms with E-state index in [0.717, 1.165) is 0 Å². The Morgan fingerprint density at radius 3 is 2.58 bits per heavy atom. The van der Waals surface area contributed by atoms with Crippen molar-refractivity contribution in [1.82, 2.24) is 4.90 Å². The first kappa shape index (κ1) is 9.32. The Labute approximate surface area is 72.1 Å². The van der Waals surface area contributed by atoms with Gasteiger partial charge >= 0.3 is 6.09 Å². The van der Waals surface area contributed by atoms with E-state index in [9.17, 15) is 9.90 Å². The number of amides is 1. The number of aliphatic hydroxyl groups is 1. The van der Waals surface area contributed by atoms with Crippen LogP contribution in [0, 0.1) is 0 Å². The molecular formula is C8H15NO3. The van der Waals surface area contributed by atoms with Crippen molar-refractivity contribution >= 4 is 6.09 Å². The third-order valence-corrected chi connectivity index (χ3v) is 2.48. The van der Waals surface area contributed by atoms with E-state index in [4.69, 9.17) is 4.74 Å². The predicted octanol–water partition coefficient (Wildman–Crippen LogP) is 0.598. The number of carbonyl (C=O) groups excluding carboxylic acids is 1. The standard InChI is InChI=1S/C8H15NO3/c1-6(10)8(2,3)9-4-5-12-7(9)11/h6,10H,4-5H2,1-3H3. The summed E-state index contributed by atoms with van der Waals surface area (Å²) < 4.78 is 4.78. The van der Waals surface area contributed by atoms with E-state index in [1.807, 2.05) is 13.8 Å². The minimum Gasteiger partial charge on any atom is -0.448 e. The molecule has 1 rings (SSSR count). The second-order valence-electron chi connectivity index (χ2n) is 3.60. The molecule has 0 aliphatic carbocycles. The maximum Gasteiger partial charge on any atom is 0.410 e. The van der Waals surface area contributed by atoms with Gasteiger partial charge in [-0.15, -0.1) is 0 Å². The molecule has 0 aromatic rings. The number of carbonyl (C=O) groups is 1. The van der Waals surface area contributed by atoms with Gasteiger partial charge in [0.05, 0.1) is 18.2 Å². The van der Waals surface area contributed by atoms with Gasteiger partial charge in [0, 0.05) is 0 Å². The van der Waals surface area contributed by atoms with Gasteiger partial charge in [0.25, 0.3) is 0 Å². The van der Waals surface area contributed by atoms with E-state index in [-0.39, 0.29) is 6.09 Å². The third-order valence-electron chi connectivity index (χ3n) is 2.48. The lowest BCUT2D eigenvalue weighted by Gasteiger charge is -2.35. The topological polar surface area (TPSA) is 49.8 Å². The van der Waals surface area contributed by atoms with Gasteiger partial charge in [-0.1, -0.05) is 0 Å². The molecule has 70 valence electrons.